The summed E-state index contributed by atoms with van der Waals surface area (Å²) in [5.74, 6) is 0.981. The first-order valence-corrected chi connectivity index (χ1v) is 8.31. The molecule has 0 atom stereocenters. The van der Waals surface area contributed by atoms with Crippen LogP contribution in [0.4, 0.5) is 5.82 Å². The summed E-state index contributed by atoms with van der Waals surface area (Å²) in [6.45, 7) is 11.7. The molecule has 0 amide bonds. The molecule has 0 saturated carbocycles. The fourth-order valence-corrected chi connectivity index (χ4v) is 2.89. The summed E-state index contributed by atoms with van der Waals surface area (Å²) < 4.78 is 2.05. The van der Waals surface area contributed by atoms with Gasteiger partial charge in [-0.15, -0.1) is 5.10 Å². The third-order valence-electron chi connectivity index (χ3n) is 4.20. The van der Waals surface area contributed by atoms with Crippen molar-refractivity contribution >= 4 is 5.82 Å². The Bertz CT molecular complexity index is 616. The molecule has 1 aliphatic heterocycles. The highest BCUT2D eigenvalue weighted by molar-refractivity contribution is 5.36. The molecule has 0 spiro atoms. The van der Waals surface area contributed by atoms with E-state index in [1.807, 2.05) is 23.0 Å². The number of hydrogen-bond donors (Lipinski definition) is 0. The fourth-order valence-electron chi connectivity index (χ4n) is 2.89. The van der Waals surface area contributed by atoms with E-state index >= 15 is 0 Å². The van der Waals surface area contributed by atoms with Crippen LogP contribution in [-0.2, 0) is 12.1 Å². The molecule has 0 radical (unpaired) electrons. The summed E-state index contributed by atoms with van der Waals surface area (Å²) in [5.41, 5.74) is 1.33. The Morgan fingerprint density at radius 1 is 1.13 bits per heavy atom. The number of nitrogens with zero attached hydrogens (tertiary/aromatic N) is 6. The lowest BCUT2D eigenvalue weighted by Gasteiger charge is -2.22. The second-order valence-corrected chi connectivity index (χ2v) is 7.16. The van der Waals surface area contributed by atoms with E-state index in [4.69, 9.17) is 0 Å². The van der Waals surface area contributed by atoms with Gasteiger partial charge in [0, 0.05) is 50.7 Å². The zero-order valence-corrected chi connectivity index (χ0v) is 14.3. The molecule has 0 aliphatic carbocycles. The molecule has 6 heteroatoms. The van der Waals surface area contributed by atoms with Crippen LogP contribution in [0.2, 0.25) is 0 Å². The van der Waals surface area contributed by atoms with E-state index in [0.29, 0.717) is 0 Å². The van der Waals surface area contributed by atoms with Crippen molar-refractivity contribution in [3.63, 3.8) is 0 Å². The third-order valence-corrected chi connectivity index (χ3v) is 4.20. The van der Waals surface area contributed by atoms with Gasteiger partial charge in [0.25, 0.3) is 0 Å². The molecule has 0 bridgehead atoms. The van der Waals surface area contributed by atoms with E-state index in [1.54, 1.807) is 6.20 Å². The van der Waals surface area contributed by atoms with Crippen LogP contribution in [0.1, 0.15) is 32.8 Å². The summed E-state index contributed by atoms with van der Waals surface area (Å²) in [5, 5.41) is 12.7. The summed E-state index contributed by atoms with van der Waals surface area (Å²) in [6, 6.07) is 3.99. The standard InChI is InChI=1S/C17H26N6/c1-17(2,3)23-14-15(12-19-23)13-21-8-5-9-22(11-10-21)16-6-4-7-18-20-16/h4,6-7,12,14H,5,8-11,13H2,1-3H3. The highest BCUT2D eigenvalue weighted by Crippen LogP contribution is 2.16. The normalized spacial score (nSPS) is 17.3. The van der Waals surface area contributed by atoms with Crippen molar-refractivity contribution in [2.45, 2.75) is 39.3 Å². The van der Waals surface area contributed by atoms with E-state index in [2.05, 4.69) is 52.1 Å². The van der Waals surface area contributed by atoms with E-state index in [0.717, 1.165) is 45.0 Å². The maximum atomic E-state index is 4.50. The Hall–Kier alpha value is -1.95. The topological polar surface area (TPSA) is 50.1 Å². The molecule has 1 fully saturated rings. The van der Waals surface area contributed by atoms with Crippen LogP contribution in [0.25, 0.3) is 0 Å². The van der Waals surface area contributed by atoms with Crippen LogP contribution in [0.3, 0.4) is 0 Å². The lowest BCUT2D eigenvalue weighted by molar-refractivity contribution is 0.284. The summed E-state index contributed by atoms with van der Waals surface area (Å²) in [7, 11) is 0. The molecule has 0 aromatic carbocycles. The van der Waals surface area contributed by atoms with Crippen LogP contribution >= 0.6 is 0 Å². The zero-order chi connectivity index (χ0) is 16.3. The lowest BCUT2D eigenvalue weighted by atomic mass is 10.1. The first kappa shape index (κ1) is 15.9. The number of aromatic nitrogens is 4. The molecule has 23 heavy (non-hydrogen) atoms. The van der Waals surface area contributed by atoms with Crippen LogP contribution < -0.4 is 4.90 Å². The molecule has 1 aliphatic rings. The summed E-state index contributed by atoms with van der Waals surface area (Å²) >= 11 is 0. The molecule has 2 aromatic rings. The molecule has 0 unspecified atom stereocenters. The Balaban J connectivity index is 1.59. The molecule has 3 rings (SSSR count). The minimum Gasteiger partial charge on any atom is -0.354 e. The van der Waals surface area contributed by atoms with Gasteiger partial charge >= 0.3 is 0 Å². The van der Waals surface area contributed by atoms with Crippen molar-refractivity contribution in [2.75, 3.05) is 31.1 Å². The van der Waals surface area contributed by atoms with Crippen molar-refractivity contribution in [1.29, 1.82) is 0 Å². The first-order chi connectivity index (χ1) is 11.0. The maximum Gasteiger partial charge on any atom is 0.151 e. The van der Waals surface area contributed by atoms with E-state index in [1.165, 1.54) is 5.56 Å². The van der Waals surface area contributed by atoms with Crippen molar-refractivity contribution in [3.8, 4) is 0 Å². The predicted molar refractivity (Wildman–Crippen MR) is 91.4 cm³/mol. The van der Waals surface area contributed by atoms with Gasteiger partial charge in [-0.2, -0.15) is 10.2 Å². The van der Waals surface area contributed by atoms with Gasteiger partial charge in [-0.25, -0.2) is 0 Å². The van der Waals surface area contributed by atoms with Gasteiger partial charge in [0.15, 0.2) is 5.82 Å². The summed E-state index contributed by atoms with van der Waals surface area (Å²) in [4.78, 5) is 4.83. The van der Waals surface area contributed by atoms with Crippen molar-refractivity contribution in [2.24, 2.45) is 0 Å². The van der Waals surface area contributed by atoms with Gasteiger partial charge in [-0.05, 0) is 39.3 Å². The smallest absolute Gasteiger partial charge is 0.151 e. The average molecular weight is 314 g/mol. The largest absolute Gasteiger partial charge is 0.354 e. The second-order valence-electron chi connectivity index (χ2n) is 7.16. The van der Waals surface area contributed by atoms with E-state index < -0.39 is 0 Å². The van der Waals surface area contributed by atoms with Gasteiger partial charge in [0.05, 0.1) is 11.7 Å². The molecule has 124 valence electrons. The Morgan fingerprint density at radius 2 is 2.00 bits per heavy atom. The van der Waals surface area contributed by atoms with Crippen molar-refractivity contribution in [3.05, 3.63) is 36.3 Å². The SMILES string of the molecule is CC(C)(C)n1cc(CN2CCCN(c3cccnn3)CC2)cn1. The number of rotatable bonds is 3. The molecular formula is C17H26N6. The molecule has 0 N–H and O–H groups in total. The zero-order valence-electron chi connectivity index (χ0n) is 14.3. The Morgan fingerprint density at radius 3 is 2.70 bits per heavy atom. The monoisotopic (exact) mass is 314 g/mol. The van der Waals surface area contributed by atoms with Crippen LogP contribution in [-0.4, -0.2) is 51.1 Å². The van der Waals surface area contributed by atoms with Crippen molar-refractivity contribution < 1.29 is 0 Å². The van der Waals surface area contributed by atoms with Crippen LogP contribution in [0.5, 0.6) is 0 Å². The molecule has 2 aromatic heterocycles. The predicted octanol–water partition coefficient (Wildman–Crippen LogP) is 2.14. The quantitative estimate of drug-likeness (QED) is 0.869. The summed E-state index contributed by atoms with van der Waals surface area (Å²) in [6.07, 6.45) is 7.03. The van der Waals surface area contributed by atoms with Crippen LogP contribution in [0, 0.1) is 0 Å². The Kier molecular flexibility index (Phi) is 4.61. The van der Waals surface area contributed by atoms with Gasteiger partial charge < -0.3 is 4.90 Å². The Labute approximate surface area is 138 Å². The van der Waals surface area contributed by atoms with Gasteiger partial charge in [0.2, 0.25) is 0 Å². The highest BCUT2D eigenvalue weighted by Gasteiger charge is 2.18. The molecular weight excluding hydrogens is 288 g/mol. The van der Waals surface area contributed by atoms with Gasteiger partial charge in [-0.1, -0.05) is 0 Å². The molecule has 3 heterocycles. The molecule has 6 nitrogen and oxygen atoms in total. The second kappa shape index (κ2) is 6.66. The van der Waals surface area contributed by atoms with Gasteiger partial charge in [-0.3, -0.25) is 9.58 Å². The van der Waals surface area contributed by atoms with Crippen molar-refractivity contribution in [1.82, 2.24) is 24.9 Å². The first-order valence-electron chi connectivity index (χ1n) is 8.31. The minimum absolute atomic E-state index is 0.0415. The van der Waals surface area contributed by atoms with Gasteiger partial charge in [0.1, 0.15) is 0 Å². The lowest BCUT2D eigenvalue weighted by Crippen LogP contribution is -2.31. The fraction of sp³-hybridized carbons (Fsp3) is 0.588. The average Bonchev–Trinajstić information content (AvgIpc) is 2.88. The minimum atomic E-state index is 0.0415. The highest BCUT2D eigenvalue weighted by atomic mass is 15.3. The van der Waals surface area contributed by atoms with E-state index in [-0.39, 0.29) is 5.54 Å². The third kappa shape index (κ3) is 4.07. The maximum absolute atomic E-state index is 4.50. The van der Waals surface area contributed by atoms with E-state index in [9.17, 15) is 0 Å². The molecule has 1 saturated heterocycles. The van der Waals surface area contributed by atoms with Crippen LogP contribution in [0.15, 0.2) is 30.7 Å². The number of anilines is 1. The number of hydrogen-bond acceptors (Lipinski definition) is 5.